The second-order valence-electron chi connectivity index (χ2n) is 5.80. The van der Waals surface area contributed by atoms with Gasteiger partial charge < -0.3 is 10.2 Å². The van der Waals surface area contributed by atoms with E-state index in [0.717, 1.165) is 40.8 Å². The van der Waals surface area contributed by atoms with E-state index in [-0.39, 0.29) is 0 Å². The first-order chi connectivity index (χ1) is 9.78. The third kappa shape index (κ3) is 2.84. The lowest BCUT2D eigenvalue weighted by Gasteiger charge is -2.36. The Bertz CT molecular complexity index is 509. The summed E-state index contributed by atoms with van der Waals surface area (Å²) in [5, 5.41) is 12.9. The zero-order valence-electron chi connectivity index (χ0n) is 11.6. The van der Waals surface area contributed by atoms with Gasteiger partial charge in [0, 0.05) is 23.6 Å². The van der Waals surface area contributed by atoms with Gasteiger partial charge in [-0.05, 0) is 56.3 Å². The highest BCUT2D eigenvalue weighted by Crippen LogP contribution is 2.31. The fraction of sp³-hybridized carbons (Fsp3) is 0.562. The minimum absolute atomic E-state index is 0.732. The summed E-state index contributed by atoms with van der Waals surface area (Å²) in [5.41, 5.74) is 1.87. The molecule has 106 valence electrons. The first kappa shape index (κ1) is 13.9. The monoisotopic (exact) mass is 333 g/mol. The quantitative estimate of drug-likeness (QED) is 0.902. The summed E-state index contributed by atoms with van der Waals surface area (Å²) >= 11 is 3.51. The molecule has 0 aliphatic carbocycles. The molecule has 0 bridgehead atoms. The molecule has 0 amide bonds. The Morgan fingerprint density at radius 1 is 1.25 bits per heavy atom. The van der Waals surface area contributed by atoms with Crippen molar-refractivity contribution in [2.24, 2.45) is 5.92 Å². The molecule has 2 aliphatic heterocycles. The van der Waals surface area contributed by atoms with Gasteiger partial charge in [-0.25, -0.2) is 0 Å². The number of hydrogen-bond donors (Lipinski definition) is 1. The Labute approximate surface area is 129 Å². The van der Waals surface area contributed by atoms with Gasteiger partial charge in [0.1, 0.15) is 6.07 Å². The van der Waals surface area contributed by atoms with Crippen LogP contribution in [0.3, 0.4) is 0 Å². The summed E-state index contributed by atoms with van der Waals surface area (Å²) < 4.78 is 1.05. The van der Waals surface area contributed by atoms with Crippen LogP contribution in [0.2, 0.25) is 0 Å². The Balaban J connectivity index is 1.69. The Morgan fingerprint density at radius 3 is 2.70 bits per heavy atom. The van der Waals surface area contributed by atoms with Gasteiger partial charge in [0.25, 0.3) is 0 Å². The minimum atomic E-state index is 0.732. The lowest BCUT2D eigenvalue weighted by atomic mass is 9.88. The fourth-order valence-electron chi connectivity index (χ4n) is 3.52. The third-order valence-electron chi connectivity index (χ3n) is 4.63. The van der Waals surface area contributed by atoms with Crippen LogP contribution in [-0.4, -0.2) is 25.7 Å². The summed E-state index contributed by atoms with van der Waals surface area (Å²) in [6.45, 7) is 3.32. The average Bonchev–Trinajstić information content (AvgIpc) is 3.02. The van der Waals surface area contributed by atoms with Gasteiger partial charge in [-0.2, -0.15) is 5.26 Å². The highest BCUT2D eigenvalue weighted by molar-refractivity contribution is 9.10. The van der Waals surface area contributed by atoms with Crippen LogP contribution in [0.15, 0.2) is 22.7 Å². The molecule has 1 atom stereocenters. The zero-order valence-corrected chi connectivity index (χ0v) is 13.2. The van der Waals surface area contributed by atoms with Crippen LogP contribution in [0.4, 0.5) is 5.69 Å². The summed E-state index contributed by atoms with van der Waals surface area (Å²) in [7, 11) is 0. The van der Waals surface area contributed by atoms with Crippen LogP contribution >= 0.6 is 15.9 Å². The number of nitriles is 1. The number of benzene rings is 1. The molecule has 2 fully saturated rings. The fourth-order valence-corrected chi connectivity index (χ4v) is 3.87. The van der Waals surface area contributed by atoms with Gasteiger partial charge >= 0.3 is 0 Å². The second kappa shape index (κ2) is 6.15. The standard InChI is InChI=1S/C16H20BrN3/c17-14-4-3-13(11-18)16(10-14)20-8-5-12(6-9-20)15-2-1-7-19-15/h3-4,10,12,15,19H,1-2,5-9H2. The summed E-state index contributed by atoms with van der Waals surface area (Å²) in [6, 6.07) is 8.97. The number of nitrogens with one attached hydrogen (secondary N) is 1. The van der Waals surface area contributed by atoms with Crippen LogP contribution in [0.1, 0.15) is 31.2 Å². The van der Waals surface area contributed by atoms with Crippen molar-refractivity contribution in [3.05, 3.63) is 28.2 Å². The molecular formula is C16H20BrN3. The van der Waals surface area contributed by atoms with E-state index >= 15 is 0 Å². The maximum absolute atomic E-state index is 9.26. The second-order valence-corrected chi connectivity index (χ2v) is 6.72. The van der Waals surface area contributed by atoms with Gasteiger partial charge in [0.15, 0.2) is 0 Å². The first-order valence-corrected chi connectivity index (χ1v) is 8.25. The maximum Gasteiger partial charge on any atom is 0.101 e. The Morgan fingerprint density at radius 2 is 2.05 bits per heavy atom. The van der Waals surface area contributed by atoms with Gasteiger partial charge in [-0.1, -0.05) is 15.9 Å². The molecule has 2 heterocycles. The van der Waals surface area contributed by atoms with E-state index in [4.69, 9.17) is 0 Å². The van der Waals surface area contributed by atoms with Gasteiger partial charge in [0.2, 0.25) is 0 Å². The Kier molecular flexibility index (Phi) is 4.28. The van der Waals surface area contributed by atoms with Crippen molar-refractivity contribution in [2.45, 2.75) is 31.7 Å². The molecule has 4 heteroatoms. The van der Waals surface area contributed by atoms with Crippen LogP contribution in [0.25, 0.3) is 0 Å². The molecule has 0 spiro atoms. The van der Waals surface area contributed by atoms with Crippen LogP contribution in [0, 0.1) is 17.2 Å². The summed E-state index contributed by atoms with van der Waals surface area (Å²) in [5.74, 6) is 0.812. The molecule has 3 rings (SSSR count). The number of anilines is 1. The van der Waals surface area contributed by atoms with E-state index in [0.29, 0.717) is 0 Å². The normalized spacial score (nSPS) is 23.8. The van der Waals surface area contributed by atoms with Crippen molar-refractivity contribution in [3.63, 3.8) is 0 Å². The predicted molar refractivity (Wildman–Crippen MR) is 84.8 cm³/mol. The molecule has 0 radical (unpaired) electrons. The van der Waals surface area contributed by atoms with Gasteiger partial charge in [-0.3, -0.25) is 0 Å². The Hall–Kier alpha value is -1.05. The minimum Gasteiger partial charge on any atom is -0.370 e. The van der Waals surface area contributed by atoms with Gasteiger partial charge in [0.05, 0.1) is 11.3 Å². The number of piperidine rings is 1. The molecule has 2 saturated heterocycles. The van der Waals surface area contributed by atoms with Crippen LogP contribution in [-0.2, 0) is 0 Å². The lowest BCUT2D eigenvalue weighted by molar-refractivity contribution is 0.319. The molecule has 20 heavy (non-hydrogen) atoms. The molecule has 0 saturated carbocycles. The highest BCUT2D eigenvalue weighted by Gasteiger charge is 2.28. The van der Waals surface area contributed by atoms with Crippen molar-refractivity contribution in [2.75, 3.05) is 24.5 Å². The highest BCUT2D eigenvalue weighted by atomic mass is 79.9. The molecular weight excluding hydrogens is 314 g/mol. The molecule has 0 aromatic heterocycles. The topological polar surface area (TPSA) is 39.1 Å². The summed E-state index contributed by atoms with van der Waals surface area (Å²) in [6.07, 6.45) is 5.13. The molecule has 1 aromatic rings. The van der Waals surface area contributed by atoms with Crippen LogP contribution in [0.5, 0.6) is 0 Å². The van der Waals surface area contributed by atoms with E-state index < -0.39 is 0 Å². The smallest absolute Gasteiger partial charge is 0.101 e. The zero-order chi connectivity index (χ0) is 13.9. The van der Waals surface area contributed by atoms with E-state index in [1.54, 1.807) is 0 Å². The van der Waals surface area contributed by atoms with Gasteiger partial charge in [-0.15, -0.1) is 0 Å². The van der Waals surface area contributed by atoms with E-state index in [1.807, 2.05) is 12.1 Å². The SMILES string of the molecule is N#Cc1ccc(Br)cc1N1CCC(C2CCCN2)CC1. The van der Waals surface area contributed by atoms with Crippen molar-refractivity contribution in [3.8, 4) is 6.07 Å². The third-order valence-corrected chi connectivity index (χ3v) is 5.12. The first-order valence-electron chi connectivity index (χ1n) is 7.46. The van der Waals surface area contributed by atoms with Crippen molar-refractivity contribution < 1.29 is 0 Å². The molecule has 3 nitrogen and oxygen atoms in total. The number of halogens is 1. The summed E-state index contributed by atoms with van der Waals surface area (Å²) in [4.78, 5) is 2.37. The molecule has 1 aromatic carbocycles. The van der Waals surface area contributed by atoms with Crippen molar-refractivity contribution in [1.82, 2.24) is 5.32 Å². The molecule has 1 N–H and O–H groups in total. The lowest BCUT2D eigenvalue weighted by Crippen LogP contribution is -2.41. The van der Waals surface area contributed by atoms with Crippen molar-refractivity contribution in [1.29, 1.82) is 5.26 Å². The van der Waals surface area contributed by atoms with E-state index in [9.17, 15) is 5.26 Å². The van der Waals surface area contributed by atoms with E-state index in [1.165, 1.54) is 32.2 Å². The number of nitrogens with zero attached hydrogens (tertiary/aromatic N) is 2. The molecule has 1 unspecified atom stereocenters. The molecule has 2 aliphatic rings. The maximum atomic E-state index is 9.26. The number of rotatable bonds is 2. The van der Waals surface area contributed by atoms with Crippen molar-refractivity contribution >= 4 is 21.6 Å². The van der Waals surface area contributed by atoms with E-state index in [2.05, 4.69) is 38.3 Å². The number of hydrogen-bond acceptors (Lipinski definition) is 3. The largest absolute Gasteiger partial charge is 0.370 e. The average molecular weight is 334 g/mol. The van der Waals surface area contributed by atoms with Crippen LogP contribution < -0.4 is 10.2 Å². The predicted octanol–water partition coefficient (Wildman–Crippen LogP) is 3.29.